The maximum Gasteiger partial charge on any atom is 0.261 e. The zero-order valence-electron chi connectivity index (χ0n) is 15.2. The van der Waals surface area contributed by atoms with E-state index in [4.69, 9.17) is 16.3 Å². The zero-order chi connectivity index (χ0) is 18.7. The minimum Gasteiger partial charge on any atom is -0.481 e. The van der Waals surface area contributed by atoms with Crippen LogP contribution in [-0.2, 0) is 11.3 Å². The molecule has 0 unspecified atom stereocenters. The smallest absolute Gasteiger partial charge is 0.261 e. The van der Waals surface area contributed by atoms with Crippen molar-refractivity contribution in [3.63, 3.8) is 0 Å². The van der Waals surface area contributed by atoms with Crippen LogP contribution < -0.4 is 10.1 Å². The SMILES string of the molecule is Cc1cc(O[C@@H](C)C(=O)NCc2ccc3ccccc3c2)cc(C)c1Cl. The summed E-state index contributed by atoms with van der Waals surface area (Å²) in [5, 5.41) is 6.01. The first kappa shape index (κ1) is 18.3. The zero-order valence-corrected chi connectivity index (χ0v) is 15.9. The highest BCUT2D eigenvalue weighted by Gasteiger charge is 2.15. The van der Waals surface area contributed by atoms with Gasteiger partial charge in [-0.15, -0.1) is 0 Å². The molecule has 0 aliphatic rings. The summed E-state index contributed by atoms with van der Waals surface area (Å²) in [5.41, 5.74) is 2.93. The summed E-state index contributed by atoms with van der Waals surface area (Å²) in [7, 11) is 0. The summed E-state index contributed by atoms with van der Waals surface area (Å²) in [4.78, 5) is 12.4. The Labute approximate surface area is 158 Å². The summed E-state index contributed by atoms with van der Waals surface area (Å²) in [6, 6.07) is 18.1. The first-order valence-corrected chi connectivity index (χ1v) is 9.00. The van der Waals surface area contributed by atoms with Gasteiger partial charge < -0.3 is 10.1 Å². The number of nitrogens with one attached hydrogen (secondary N) is 1. The van der Waals surface area contributed by atoms with Crippen molar-refractivity contribution in [2.24, 2.45) is 0 Å². The van der Waals surface area contributed by atoms with Crippen molar-refractivity contribution < 1.29 is 9.53 Å². The maximum atomic E-state index is 12.4. The first-order chi connectivity index (χ1) is 12.4. The normalized spacial score (nSPS) is 12.0. The van der Waals surface area contributed by atoms with Gasteiger partial charge in [0.2, 0.25) is 0 Å². The number of benzene rings is 3. The highest BCUT2D eigenvalue weighted by molar-refractivity contribution is 6.32. The van der Waals surface area contributed by atoms with Crippen molar-refractivity contribution >= 4 is 28.3 Å². The molecule has 1 N–H and O–H groups in total. The van der Waals surface area contributed by atoms with Gasteiger partial charge in [0.1, 0.15) is 5.75 Å². The van der Waals surface area contributed by atoms with Gasteiger partial charge in [-0.1, -0.05) is 48.0 Å². The second kappa shape index (κ2) is 7.79. The number of carbonyl (C=O) groups is 1. The molecule has 3 nitrogen and oxygen atoms in total. The highest BCUT2D eigenvalue weighted by atomic mass is 35.5. The third-order valence-electron chi connectivity index (χ3n) is 4.37. The number of rotatable bonds is 5. The fourth-order valence-corrected chi connectivity index (χ4v) is 3.02. The van der Waals surface area contributed by atoms with Gasteiger partial charge in [-0.2, -0.15) is 0 Å². The molecule has 0 aliphatic heterocycles. The quantitative estimate of drug-likeness (QED) is 0.673. The highest BCUT2D eigenvalue weighted by Crippen LogP contribution is 2.26. The van der Waals surface area contributed by atoms with E-state index in [1.807, 2.05) is 44.2 Å². The van der Waals surface area contributed by atoms with Crippen LogP contribution in [0.1, 0.15) is 23.6 Å². The van der Waals surface area contributed by atoms with E-state index >= 15 is 0 Å². The summed E-state index contributed by atoms with van der Waals surface area (Å²) in [5.74, 6) is 0.501. The lowest BCUT2D eigenvalue weighted by atomic mass is 10.1. The Hall–Kier alpha value is -2.52. The van der Waals surface area contributed by atoms with Gasteiger partial charge >= 0.3 is 0 Å². The van der Waals surface area contributed by atoms with Crippen LogP contribution in [-0.4, -0.2) is 12.0 Å². The van der Waals surface area contributed by atoms with Gasteiger partial charge in [-0.3, -0.25) is 4.79 Å². The number of carbonyl (C=O) groups excluding carboxylic acids is 1. The van der Waals surface area contributed by atoms with Gasteiger partial charge in [-0.25, -0.2) is 0 Å². The molecule has 0 aromatic heterocycles. The monoisotopic (exact) mass is 367 g/mol. The topological polar surface area (TPSA) is 38.3 Å². The Morgan fingerprint density at radius 1 is 1.04 bits per heavy atom. The van der Waals surface area contributed by atoms with Crippen molar-refractivity contribution in [3.05, 3.63) is 76.3 Å². The average Bonchev–Trinajstić information content (AvgIpc) is 2.63. The van der Waals surface area contributed by atoms with Gasteiger partial charge in [0.25, 0.3) is 5.91 Å². The fraction of sp³-hybridized carbons (Fsp3) is 0.227. The minimum absolute atomic E-state index is 0.150. The van der Waals surface area contributed by atoms with E-state index in [2.05, 4.69) is 29.6 Å². The average molecular weight is 368 g/mol. The molecule has 0 spiro atoms. The summed E-state index contributed by atoms with van der Waals surface area (Å²) < 4.78 is 5.78. The lowest BCUT2D eigenvalue weighted by Crippen LogP contribution is -2.35. The number of amides is 1. The Kier molecular flexibility index (Phi) is 5.48. The molecule has 1 atom stereocenters. The van der Waals surface area contributed by atoms with Crippen molar-refractivity contribution in [1.29, 1.82) is 0 Å². The van der Waals surface area contributed by atoms with Gasteiger partial charge in [0.15, 0.2) is 6.10 Å². The molecule has 0 saturated heterocycles. The molecule has 4 heteroatoms. The third-order valence-corrected chi connectivity index (χ3v) is 4.97. The van der Waals surface area contributed by atoms with Crippen LogP contribution in [0.2, 0.25) is 5.02 Å². The van der Waals surface area contributed by atoms with Gasteiger partial charge in [0.05, 0.1) is 0 Å². The van der Waals surface area contributed by atoms with Crippen LogP contribution in [0.4, 0.5) is 0 Å². The Morgan fingerprint density at radius 2 is 1.69 bits per heavy atom. The lowest BCUT2D eigenvalue weighted by Gasteiger charge is -2.16. The van der Waals surface area contributed by atoms with Crippen LogP contribution in [0.5, 0.6) is 5.75 Å². The largest absolute Gasteiger partial charge is 0.481 e. The Morgan fingerprint density at radius 3 is 2.38 bits per heavy atom. The van der Waals surface area contributed by atoms with Crippen molar-refractivity contribution in [2.75, 3.05) is 0 Å². The lowest BCUT2D eigenvalue weighted by molar-refractivity contribution is -0.127. The predicted molar refractivity (Wildman–Crippen MR) is 107 cm³/mol. The molecule has 0 saturated carbocycles. The number of hydrogen-bond acceptors (Lipinski definition) is 2. The number of halogens is 1. The van der Waals surface area contributed by atoms with Crippen molar-refractivity contribution in [3.8, 4) is 5.75 Å². The van der Waals surface area contributed by atoms with Crippen LogP contribution in [0.25, 0.3) is 10.8 Å². The first-order valence-electron chi connectivity index (χ1n) is 8.63. The number of fused-ring (bicyclic) bond motifs is 1. The van der Waals surface area contributed by atoms with Crippen molar-refractivity contribution in [2.45, 2.75) is 33.4 Å². The Bertz CT molecular complexity index is 929. The molecule has 134 valence electrons. The van der Waals surface area contributed by atoms with E-state index in [9.17, 15) is 4.79 Å². The molecule has 26 heavy (non-hydrogen) atoms. The second-order valence-corrected chi connectivity index (χ2v) is 6.91. The number of aryl methyl sites for hydroxylation is 2. The molecule has 0 fully saturated rings. The van der Waals surface area contributed by atoms with E-state index in [0.717, 1.165) is 27.1 Å². The van der Waals surface area contributed by atoms with Crippen LogP contribution in [0.3, 0.4) is 0 Å². The van der Waals surface area contributed by atoms with Crippen LogP contribution >= 0.6 is 11.6 Å². The molecule has 0 radical (unpaired) electrons. The molecule has 3 aromatic rings. The standard InChI is InChI=1S/C22H22ClNO2/c1-14-10-20(11-15(2)21(14)23)26-16(3)22(25)24-13-17-8-9-18-6-4-5-7-19(18)12-17/h4-12,16H,13H2,1-3H3,(H,24,25)/t16-/m0/s1. The summed E-state index contributed by atoms with van der Waals surface area (Å²) >= 11 is 6.17. The molecular formula is C22H22ClNO2. The minimum atomic E-state index is -0.588. The predicted octanol–water partition coefficient (Wildman–Crippen LogP) is 5.19. The van der Waals surface area contributed by atoms with Gasteiger partial charge in [-0.05, 0) is 66.4 Å². The van der Waals surface area contributed by atoms with E-state index in [1.165, 1.54) is 5.39 Å². The third kappa shape index (κ3) is 4.17. The van der Waals surface area contributed by atoms with Gasteiger partial charge in [0, 0.05) is 11.6 Å². The number of hydrogen-bond donors (Lipinski definition) is 1. The maximum absolute atomic E-state index is 12.4. The molecule has 0 aliphatic carbocycles. The molecule has 1 amide bonds. The fourth-order valence-electron chi connectivity index (χ4n) is 2.91. The van der Waals surface area contributed by atoms with E-state index < -0.39 is 6.10 Å². The molecular weight excluding hydrogens is 346 g/mol. The molecule has 3 rings (SSSR count). The van der Waals surface area contributed by atoms with Crippen LogP contribution in [0.15, 0.2) is 54.6 Å². The van der Waals surface area contributed by atoms with E-state index in [-0.39, 0.29) is 5.91 Å². The van der Waals surface area contributed by atoms with E-state index in [0.29, 0.717) is 12.3 Å². The molecule has 3 aromatic carbocycles. The second-order valence-electron chi connectivity index (χ2n) is 6.53. The molecule has 0 bridgehead atoms. The summed E-state index contributed by atoms with van der Waals surface area (Å²) in [6.07, 6.45) is -0.588. The van der Waals surface area contributed by atoms with Crippen molar-refractivity contribution in [1.82, 2.24) is 5.32 Å². The molecule has 0 heterocycles. The van der Waals surface area contributed by atoms with Crippen LogP contribution in [0, 0.1) is 13.8 Å². The number of ether oxygens (including phenoxy) is 1. The Balaban J connectivity index is 1.61. The van der Waals surface area contributed by atoms with E-state index in [1.54, 1.807) is 6.92 Å². The summed E-state index contributed by atoms with van der Waals surface area (Å²) in [6.45, 7) is 6.06.